The third kappa shape index (κ3) is 5.49. The van der Waals surface area contributed by atoms with Crippen molar-refractivity contribution in [2.24, 2.45) is 0 Å². The number of hydrogen-bond acceptors (Lipinski definition) is 4. The highest BCUT2D eigenvalue weighted by atomic mass is 19.3. The van der Waals surface area contributed by atoms with Gasteiger partial charge in [-0.3, -0.25) is 4.79 Å². The van der Waals surface area contributed by atoms with Gasteiger partial charge in [-0.2, -0.15) is 0 Å². The van der Waals surface area contributed by atoms with Crippen LogP contribution in [0.2, 0.25) is 0 Å². The van der Waals surface area contributed by atoms with E-state index in [0.29, 0.717) is 17.9 Å². The number of halogens is 2. The number of carbonyl (C=O) groups is 2. The summed E-state index contributed by atoms with van der Waals surface area (Å²) in [6.07, 6.45) is -2.82. The van der Waals surface area contributed by atoms with E-state index in [9.17, 15) is 23.5 Å². The zero-order valence-corrected chi connectivity index (χ0v) is 20.1. The summed E-state index contributed by atoms with van der Waals surface area (Å²) < 4.78 is 38.8. The Morgan fingerprint density at radius 1 is 0.973 bits per heavy atom. The van der Waals surface area contributed by atoms with Crippen LogP contribution in [0.15, 0.2) is 78.9 Å². The smallest absolute Gasteiger partial charge is 0.326 e. The number of amides is 1. The molecule has 1 saturated carbocycles. The second kappa shape index (κ2) is 10.3. The molecule has 37 heavy (non-hydrogen) atoms. The molecule has 1 amide bonds. The number of rotatable bonds is 8. The molecule has 0 unspecified atom stereocenters. The fraction of sp³-hybridized carbons (Fsp3) is 0.310. The lowest BCUT2D eigenvalue weighted by Crippen LogP contribution is -2.51. The molecule has 3 aromatic carbocycles. The Morgan fingerprint density at radius 2 is 1.65 bits per heavy atom. The molecule has 0 saturated heterocycles. The molecule has 3 aromatic rings. The van der Waals surface area contributed by atoms with Gasteiger partial charge in [0.1, 0.15) is 18.4 Å². The van der Waals surface area contributed by atoms with Crippen molar-refractivity contribution >= 4 is 11.9 Å². The van der Waals surface area contributed by atoms with Crippen LogP contribution in [-0.4, -0.2) is 40.0 Å². The van der Waals surface area contributed by atoms with Crippen molar-refractivity contribution in [3.8, 4) is 5.75 Å². The lowest BCUT2D eigenvalue weighted by Gasteiger charge is -2.40. The summed E-state index contributed by atoms with van der Waals surface area (Å²) in [5.41, 5.74) is 2.99. The van der Waals surface area contributed by atoms with Crippen LogP contribution in [0.4, 0.5) is 8.78 Å². The summed E-state index contributed by atoms with van der Waals surface area (Å²) in [6, 6.07) is 22.5. The van der Waals surface area contributed by atoms with Crippen LogP contribution in [0.5, 0.6) is 5.75 Å². The van der Waals surface area contributed by atoms with Crippen LogP contribution in [0.3, 0.4) is 0 Å². The Bertz CT molecular complexity index is 1260. The number of alkyl halides is 2. The normalized spacial score (nSPS) is 19.4. The van der Waals surface area contributed by atoms with E-state index in [2.05, 4.69) is 0 Å². The largest absolute Gasteiger partial charge is 0.489 e. The Morgan fingerprint density at radius 3 is 2.30 bits per heavy atom. The first-order chi connectivity index (χ1) is 17.8. The summed E-state index contributed by atoms with van der Waals surface area (Å²) in [5.74, 6) is -3.94. The minimum absolute atomic E-state index is 0.0428. The van der Waals surface area contributed by atoms with Crippen molar-refractivity contribution in [1.82, 2.24) is 4.90 Å². The molecule has 1 aliphatic heterocycles. The molecule has 5 rings (SSSR count). The van der Waals surface area contributed by atoms with Crippen molar-refractivity contribution in [3.05, 3.63) is 101 Å². The maximum absolute atomic E-state index is 13.8. The summed E-state index contributed by atoms with van der Waals surface area (Å²) in [6.45, 7) is 0.370. The molecule has 1 heterocycles. The van der Waals surface area contributed by atoms with E-state index in [1.165, 1.54) is 4.90 Å². The number of hydrogen-bond donors (Lipinski definition) is 1. The molecule has 6 nitrogen and oxygen atoms in total. The molecular weight excluding hydrogens is 480 g/mol. The predicted molar refractivity (Wildman–Crippen MR) is 131 cm³/mol. The first-order valence-electron chi connectivity index (χ1n) is 12.2. The first-order valence-corrected chi connectivity index (χ1v) is 12.2. The number of benzene rings is 3. The number of nitrogens with zero attached hydrogens (tertiary/aromatic N) is 1. The van der Waals surface area contributed by atoms with Gasteiger partial charge in [-0.1, -0.05) is 72.8 Å². The maximum Gasteiger partial charge on any atom is 0.326 e. The summed E-state index contributed by atoms with van der Waals surface area (Å²) in [7, 11) is 0. The standard InChI is InChI=1S/C29H27F2NO5/c30-29(31)15-22(16-29)37-26(20-10-5-2-6-11-20)27(33)32-17-21-12-7-13-25(23(21)14-24(32)28(34)35)36-18-19-8-3-1-4-9-19/h1-13,22,24,26H,14-18H2,(H,34,35)/t24-,26-/m0/s1. The molecule has 192 valence electrons. The zero-order valence-electron chi connectivity index (χ0n) is 20.1. The highest BCUT2D eigenvalue weighted by molar-refractivity contribution is 5.88. The average Bonchev–Trinajstić information content (AvgIpc) is 2.89. The Labute approximate surface area is 213 Å². The first kappa shape index (κ1) is 24.9. The van der Waals surface area contributed by atoms with Gasteiger partial charge >= 0.3 is 5.97 Å². The third-order valence-electron chi connectivity index (χ3n) is 6.86. The number of carboxylic acid groups (broad SMARTS) is 1. The monoisotopic (exact) mass is 507 g/mol. The SMILES string of the molecule is O=C(O)[C@@H]1Cc2c(cccc2OCc2ccccc2)CN1C(=O)[C@@H](OC1CC(F)(F)C1)c1ccccc1. The number of fused-ring (bicyclic) bond motifs is 1. The van der Waals surface area contributed by atoms with Crippen LogP contribution in [-0.2, 0) is 33.9 Å². The van der Waals surface area contributed by atoms with E-state index >= 15 is 0 Å². The molecule has 8 heteroatoms. The molecule has 0 spiro atoms. The molecule has 2 atom stereocenters. The molecule has 1 fully saturated rings. The van der Waals surface area contributed by atoms with Gasteiger partial charge in [-0.05, 0) is 22.8 Å². The van der Waals surface area contributed by atoms with Gasteiger partial charge in [0.15, 0.2) is 6.10 Å². The summed E-state index contributed by atoms with van der Waals surface area (Å²) in [4.78, 5) is 27.4. The molecule has 1 aliphatic carbocycles. The highest BCUT2D eigenvalue weighted by Crippen LogP contribution is 2.42. The maximum atomic E-state index is 13.8. The van der Waals surface area contributed by atoms with Gasteiger partial charge in [0, 0.05) is 31.4 Å². The highest BCUT2D eigenvalue weighted by Gasteiger charge is 2.48. The molecule has 0 radical (unpaired) electrons. The minimum atomic E-state index is -2.81. The van der Waals surface area contributed by atoms with Gasteiger partial charge in [-0.25, -0.2) is 13.6 Å². The summed E-state index contributed by atoms with van der Waals surface area (Å²) in [5, 5.41) is 10.1. The Kier molecular flexibility index (Phi) is 6.93. The van der Waals surface area contributed by atoms with Crippen LogP contribution >= 0.6 is 0 Å². The van der Waals surface area contributed by atoms with Gasteiger partial charge in [0.2, 0.25) is 0 Å². The van der Waals surface area contributed by atoms with Crippen LogP contribution in [0, 0.1) is 0 Å². The second-order valence-corrected chi connectivity index (χ2v) is 9.51. The molecule has 1 N–H and O–H groups in total. The van der Waals surface area contributed by atoms with Gasteiger partial charge < -0.3 is 19.5 Å². The lowest BCUT2D eigenvalue weighted by molar-refractivity contribution is -0.193. The van der Waals surface area contributed by atoms with Crippen LogP contribution in [0.25, 0.3) is 0 Å². The van der Waals surface area contributed by atoms with Crippen molar-refractivity contribution in [1.29, 1.82) is 0 Å². The predicted octanol–water partition coefficient (Wildman–Crippen LogP) is 5.16. The van der Waals surface area contributed by atoms with Crippen molar-refractivity contribution in [2.45, 2.75) is 56.6 Å². The van der Waals surface area contributed by atoms with E-state index in [-0.39, 0.29) is 13.0 Å². The van der Waals surface area contributed by atoms with Crippen molar-refractivity contribution in [3.63, 3.8) is 0 Å². The zero-order chi connectivity index (χ0) is 26.0. The van der Waals surface area contributed by atoms with Crippen molar-refractivity contribution < 1.29 is 33.0 Å². The fourth-order valence-corrected chi connectivity index (χ4v) is 4.86. The van der Waals surface area contributed by atoms with E-state index < -0.39 is 48.9 Å². The van der Waals surface area contributed by atoms with E-state index in [0.717, 1.165) is 16.7 Å². The van der Waals surface area contributed by atoms with Gasteiger partial charge in [0.05, 0.1) is 6.10 Å². The molecular formula is C29H27F2NO5. The van der Waals surface area contributed by atoms with Crippen LogP contribution < -0.4 is 4.74 Å². The fourth-order valence-electron chi connectivity index (χ4n) is 4.86. The molecule has 0 bridgehead atoms. The van der Waals surface area contributed by atoms with Crippen LogP contribution in [0.1, 0.15) is 41.2 Å². The third-order valence-corrected chi connectivity index (χ3v) is 6.86. The van der Waals surface area contributed by atoms with E-state index in [4.69, 9.17) is 9.47 Å². The number of carboxylic acids is 1. The average molecular weight is 508 g/mol. The Balaban J connectivity index is 1.40. The van der Waals surface area contributed by atoms with Gasteiger partial charge in [-0.15, -0.1) is 0 Å². The van der Waals surface area contributed by atoms with E-state index in [1.807, 2.05) is 42.5 Å². The summed E-state index contributed by atoms with van der Waals surface area (Å²) >= 11 is 0. The van der Waals surface area contributed by atoms with E-state index in [1.54, 1.807) is 36.4 Å². The number of carbonyl (C=O) groups excluding carboxylic acids is 1. The molecule has 2 aliphatic rings. The topological polar surface area (TPSA) is 76.1 Å². The number of ether oxygens (including phenoxy) is 2. The lowest BCUT2D eigenvalue weighted by atomic mass is 9.90. The quantitative estimate of drug-likeness (QED) is 0.456. The minimum Gasteiger partial charge on any atom is -0.489 e. The van der Waals surface area contributed by atoms with Crippen molar-refractivity contribution in [2.75, 3.05) is 0 Å². The van der Waals surface area contributed by atoms with Gasteiger partial charge in [0.25, 0.3) is 11.8 Å². The molecule has 0 aromatic heterocycles. The number of aliphatic carboxylic acids is 1. The second-order valence-electron chi connectivity index (χ2n) is 9.51. The Hall–Kier alpha value is -3.78.